The van der Waals surface area contributed by atoms with E-state index in [1.165, 1.54) is 0 Å². The number of nitrogens with zero attached hydrogens (tertiary/aromatic N) is 2. The highest BCUT2D eigenvalue weighted by Crippen LogP contribution is 2.46. The number of hydrogen-bond acceptors (Lipinski definition) is 4. The van der Waals surface area contributed by atoms with E-state index in [2.05, 4.69) is 28.4 Å². The molecule has 1 atom stereocenters. The number of nitrogens with one attached hydrogen (secondary N) is 1. The van der Waals surface area contributed by atoms with Crippen molar-refractivity contribution in [2.45, 2.75) is 32.4 Å². The van der Waals surface area contributed by atoms with E-state index in [1.54, 1.807) is 4.90 Å². The SMILES string of the molecule is CC(C)(C)NC(=O)C(c1ccccc1)N1C(=O)/C(=C(\C=C(/c2ccccc2)N2CCOCC2)c2ccccc2)c2ccccc21. The molecule has 6 heteroatoms. The van der Waals surface area contributed by atoms with Crippen LogP contribution in [-0.4, -0.2) is 48.6 Å². The van der Waals surface area contributed by atoms with E-state index in [0.717, 1.165) is 46.6 Å². The van der Waals surface area contributed by atoms with Crippen LogP contribution in [0, 0.1) is 0 Å². The summed E-state index contributed by atoms with van der Waals surface area (Å²) < 4.78 is 5.70. The van der Waals surface area contributed by atoms with Gasteiger partial charge in [0, 0.05) is 29.9 Å². The molecule has 2 aliphatic rings. The van der Waals surface area contributed by atoms with E-state index in [4.69, 9.17) is 4.74 Å². The first-order valence-corrected chi connectivity index (χ1v) is 15.5. The maximum Gasteiger partial charge on any atom is 0.260 e. The summed E-state index contributed by atoms with van der Waals surface area (Å²) in [6, 6.07) is 36.8. The van der Waals surface area contributed by atoms with Crippen LogP contribution in [0.5, 0.6) is 0 Å². The van der Waals surface area contributed by atoms with Gasteiger partial charge in [-0.05, 0) is 55.2 Å². The standard InChI is InChI=1S/C39H39N3O3/c1-39(2,3)40-37(43)36(30-19-11-6-12-20-30)42-33-22-14-13-21-31(33)35(38(42)44)32(28-15-7-4-8-16-28)27-34(29-17-9-5-10-18-29)41-23-25-45-26-24-41/h4-22,27,36H,23-26H2,1-3H3,(H,40,43)/b34-27+,35-32+. The van der Waals surface area contributed by atoms with Crippen LogP contribution in [0.15, 0.2) is 121 Å². The van der Waals surface area contributed by atoms with E-state index in [-0.39, 0.29) is 11.8 Å². The minimum Gasteiger partial charge on any atom is -0.378 e. The lowest BCUT2D eigenvalue weighted by molar-refractivity contribution is -0.126. The Morgan fingerprint density at radius 3 is 1.96 bits per heavy atom. The second kappa shape index (κ2) is 13.0. The molecule has 0 radical (unpaired) electrons. The minimum absolute atomic E-state index is 0.210. The van der Waals surface area contributed by atoms with Crippen LogP contribution in [0.2, 0.25) is 0 Å². The molecule has 45 heavy (non-hydrogen) atoms. The van der Waals surface area contributed by atoms with Gasteiger partial charge >= 0.3 is 0 Å². The van der Waals surface area contributed by atoms with Crippen molar-refractivity contribution >= 4 is 34.3 Å². The maximum atomic E-state index is 15.0. The van der Waals surface area contributed by atoms with Crippen LogP contribution in [0.4, 0.5) is 5.69 Å². The average molecular weight is 598 g/mol. The van der Waals surface area contributed by atoms with Crippen LogP contribution in [0.1, 0.15) is 49.1 Å². The summed E-state index contributed by atoms with van der Waals surface area (Å²) in [6.07, 6.45) is 2.15. The van der Waals surface area contributed by atoms with Gasteiger partial charge in [0.05, 0.1) is 24.5 Å². The Kier molecular flexibility index (Phi) is 8.67. The van der Waals surface area contributed by atoms with Crippen LogP contribution in [0.25, 0.3) is 16.8 Å². The van der Waals surface area contributed by atoms with E-state index < -0.39 is 11.6 Å². The number of allylic oxidation sites excluding steroid dienone is 2. The Bertz CT molecular complexity index is 1720. The number of hydrogen-bond donors (Lipinski definition) is 1. The van der Waals surface area contributed by atoms with E-state index >= 15 is 0 Å². The quantitative estimate of drug-likeness (QED) is 0.234. The first kappa shape index (κ1) is 30.1. The minimum atomic E-state index is -0.856. The summed E-state index contributed by atoms with van der Waals surface area (Å²) in [5, 5.41) is 3.14. The van der Waals surface area contributed by atoms with Crippen molar-refractivity contribution in [3.05, 3.63) is 144 Å². The zero-order chi connectivity index (χ0) is 31.4. The van der Waals surface area contributed by atoms with Crippen molar-refractivity contribution in [1.29, 1.82) is 0 Å². The largest absolute Gasteiger partial charge is 0.378 e. The summed E-state index contributed by atoms with van der Waals surface area (Å²) in [7, 11) is 0. The number of benzene rings is 4. The van der Waals surface area contributed by atoms with E-state index in [0.29, 0.717) is 24.5 Å². The molecule has 1 fully saturated rings. The van der Waals surface area contributed by atoms with Crippen molar-refractivity contribution in [2.24, 2.45) is 0 Å². The zero-order valence-electron chi connectivity index (χ0n) is 26.1. The average Bonchev–Trinajstić information content (AvgIpc) is 3.34. The molecular weight excluding hydrogens is 558 g/mol. The molecule has 2 heterocycles. The third-order valence-electron chi connectivity index (χ3n) is 8.04. The fourth-order valence-electron chi connectivity index (χ4n) is 6.07. The molecule has 2 aliphatic heterocycles. The highest BCUT2D eigenvalue weighted by molar-refractivity contribution is 6.39. The van der Waals surface area contributed by atoms with Crippen molar-refractivity contribution in [2.75, 3.05) is 31.2 Å². The summed E-state index contributed by atoms with van der Waals surface area (Å²) >= 11 is 0. The Morgan fingerprint density at radius 1 is 0.778 bits per heavy atom. The number of ether oxygens (including phenoxy) is 1. The van der Waals surface area contributed by atoms with Gasteiger partial charge in [-0.15, -0.1) is 0 Å². The third kappa shape index (κ3) is 6.47. The summed E-state index contributed by atoms with van der Waals surface area (Å²) in [5.41, 5.74) is 6.18. The molecule has 1 unspecified atom stereocenters. The highest BCUT2D eigenvalue weighted by Gasteiger charge is 2.42. The van der Waals surface area contributed by atoms with Gasteiger partial charge in [-0.1, -0.05) is 109 Å². The van der Waals surface area contributed by atoms with Gasteiger partial charge in [-0.2, -0.15) is 0 Å². The van der Waals surface area contributed by atoms with Crippen LogP contribution >= 0.6 is 0 Å². The fraction of sp³-hybridized carbons (Fsp3) is 0.231. The molecular formula is C39H39N3O3. The van der Waals surface area contributed by atoms with Crippen molar-refractivity contribution in [3.8, 4) is 0 Å². The Morgan fingerprint density at radius 2 is 1.33 bits per heavy atom. The zero-order valence-corrected chi connectivity index (χ0v) is 26.1. The maximum absolute atomic E-state index is 15.0. The number of amides is 2. The Hall–Kier alpha value is -4.94. The van der Waals surface area contributed by atoms with Gasteiger partial charge in [0.15, 0.2) is 0 Å². The fourth-order valence-corrected chi connectivity index (χ4v) is 6.07. The smallest absolute Gasteiger partial charge is 0.260 e. The van der Waals surface area contributed by atoms with Crippen LogP contribution in [-0.2, 0) is 14.3 Å². The molecule has 4 aromatic rings. The van der Waals surface area contributed by atoms with Gasteiger partial charge in [0.25, 0.3) is 5.91 Å². The second-order valence-corrected chi connectivity index (χ2v) is 12.4. The first-order valence-electron chi connectivity index (χ1n) is 15.5. The number of rotatable bonds is 7. The molecule has 0 aromatic heterocycles. The lowest BCUT2D eigenvalue weighted by atomic mass is 9.93. The topological polar surface area (TPSA) is 61.9 Å². The molecule has 6 rings (SSSR count). The molecule has 6 nitrogen and oxygen atoms in total. The lowest BCUT2D eigenvalue weighted by Crippen LogP contribution is -2.48. The molecule has 0 spiro atoms. The normalized spacial score (nSPS) is 17.1. The van der Waals surface area contributed by atoms with Gasteiger partial charge < -0.3 is 15.0 Å². The van der Waals surface area contributed by atoms with Crippen molar-refractivity contribution in [3.63, 3.8) is 0 Å². The van der Waals surface area contributed by atoms with Gasteiger partial charge in [-0.25, -0.2) is 0 Å². The predicted octanol–water partition coefficient (Wildman–Crippen LogP) is 6.97. The van der Waals surface area contributed by atoms with Crippen LogP contribution in [0.3, 0.4) is 0 Å². The molecule has 0 saturated carbocycles. The van der Waals surface area contributed by atoms with E-state index in [9.17, 15) is 9.59 Å². The Balaban J connectivity index is 1.59. The molecule has 1 N–H and O–H groups in total. The first-order chi connectivity index (χ1) is 21.8. The second-order valence-electron chi connectivity index (χ2n) is 12.4. The number of fused-ring (bicyclic) bond motifs is 1. The molecule has 0 aliphatic carbocycles. The highest BCUT2D eigenvalue weighted by atomic mass is 16.5. The molecule has 0 bridgehead atoms. The molecule has 4 aromatic carbocycles. The summed E-state index contributed by atoms with van der Waals surface area (Å²) in [5.74, 6) is -0.438. The number of carbonyl (C=O) groups is 2. The van der Waals surface area contributed by atoms with Gasteiger partial charge in [0.2, 0.25) is 5.91 Å². The predicted molar refractivity (Wildman–Crippen MR) is 181 cm³/mol. The monoisotopic (exact) mass is 597 g/mol. The number of para-hydroxylation sites is 1. The van der Waals surface area contributed by atoms with Crippen molar-refractivity contribution in [1.82, 2.24) is 10.2 Å². The number of carbonyl (C=O) groups excluding carboxylic acids is 2. The molecule has 1 saturated heterocycles. The number of morpholine rings is 1. The van der Waals surface area contributed by atoms with Gasteiger partial charge in [-0.3, -0.25) is 14.5 Å². The summed E-state index contributed by atoms with van der Waals surface area (Å²) in [4.78, 5) is 33.1. The Labute approximate surface area is 265 Å². The molecule has 228 valence electrons. The van der Waals surface area contributed by atoms with Crippen LogP contribution < -0.4 is 10.2 Å². The van der Waals surface area contributed by atoms with Gasteiger partial charge in [0.1, 0.15) is 6.04 Å². The third-order valence-corrected chi connectivity index (χ3v) is 8.04. The molecule has 2 amide bonds. The summed E-state index contributed by atoms with van der Waals surface area (Å²) in [6.45, 7) is 8.63. The lowest BCUT2D eigenvalue weighted by Gasteiger charge is -2.32. The van der Waals surface area contributed by atoms with Crippen molar-refractivity contribution < 1.29 is 14.3 Å². The number of anilines is 1. The van der Waals surface area contributed by atoms with E-state index in [1.807, 2.05) is 124 Å².